The molecule has 1 atom stereocenters. The summed E-state index contributed by atoms with van der Waals surface area (Å²) in [5, 5.41) is 7.76. The van der Waals surface area contributed by atoms with Gasteiger partial charge in [-0.2, -0.15) is 5.10 Å². The summed E-state index contributed by atoms with van der Waals surface area (Å²) < 4.78 is 39.4. The maximum atomic E-state index is 14.1. The number of aromatic nitrogens is 2. The average molecular weight is 401 g/mol. The number of nitrogens with one attached hydrogen (secondary N) is 1. The van der Waals surface area contributed by atoms with E-state index in [0.717, 1.165) is 34.2 Å². The van der Waals surface area contributed by atoms with Gasteiger partial charge in [0.15, 0.2) is 5.82 Å². The summed E-state index contributed by atoms with van der Waals surface area (Å²) in [6, 6.07) is 9.44. The first-order valence-corrected chi connectivity index (χ1v) is 9.32. The molecule has 1 heterocycles. The third-order valence-corrected chi connectivity index (χ3v) is 4.91. The monoisotopic (exact) mass is 401 g/mol. The van der Waals surface area contributed by atoms with E-state index in [9.17, 15) is 8.78 Å². The Morgan fingerprint density at radius 2 is 1.93 bits per heavy atom. The van der Waals surface area contributed by atoms with Gasteiger partial charge in [-0.15, -0.1) is 0 Å². The standard InChI is InChI=1S/C22H25F2N3O2/c1-14(25-11-16-5-8-22(29-4)17(9-16)13-28-3)19-12-26-27(15(19)2)21-7-6-18(23)10-20(21)24/h5-10,12,14,25H,11,13H2,1-4H3/t14-/m0/s1. The molecule has 3 aromatic rings. The van der Waals surface area contributed by atoms with E-state index in [4.69, 9.17) is 9.47 Å². The summed E-state index contributed by atoms with van der Waals surface area (Å²) in [4.78, 5) is 0. The van der Waals surface area contributed by atoms with Crippen LogP contribution in [0.4, 0.5) is 8.78 Å². The molecule has 154 valence electrons. The predicted octanol–water partition coefficient (Wildman–Crippen LogP) is 4.46. The quantitative estimate of drug-likeness (QED) is 0.605. The van der Waals surface area contributed by atoms with Gasteiger partial charge in [-0.1, -0.05) is 6.07 Å². The first-order valence-electron chi connectivity index (χ1n) is 9.32. The van der Waals surface area contributed by atoms with Crippen molar-refractivity contribution in [3.05, 3.63) is 76.6 Å². The van der Waals surface area contributed by atoms with E-state index in [1.54, 1.807) is 20.4 Å². The van der Waals surface area contributed by atoms with Crippen LogP contribution in [-0.2, 0) is 17.9 Å². The van der Waals surface area contributed by atoms with Gasteiger partial charge < -0.3 is 14.8 Å². The third kappa shape index (κ3) is 4.63. The highest BCUT2D eigenvalue weighted by Gasteiger charge is 2.16. The van der Waals surface area contributed by atoms with Gasteiger partial charge in [0.05, 0.1) is 19.9 Å². The summed E-state index contributed by atoms with van der Waals surface area (Å²) in [5.41, 5.74) is 4.04. The van der Waals surface area contributed by atoms with Crippen molar-refractivity contribution in [3.63, 3.8) is 0 Å². The maximum absolute atomic E-state index is 14.1. The van der Waals surface area contributed by atoms with Gasteiger partial charge in [-0.3, -0.25) is 0 Å². The predicted molar refractivity (Wildman–Crippen MR) is 107 cm³/mol. The van der Waals surface area contributed by atoms with Crippen LogP contribution < -0.4 is 10.1 Å². The highest BCUT2D eigenvalue weighted by molar-refractivity contribution is 5.38. The fraction of sp³-hybridized carbons (Fsp3) is 0.318. The van der Waals surface area contributed by atoms with E-state index in [1.807, 2.05) is 32.0 Å². The van der Waals surface area contributed by atoms with E-state index in [0.29, 0.717) is 13.2 Å². The molecule has 0 aliphatic rings. The summed E-state index contributed by atoms with van der Waals surface area (Å²) >= 11 is 0. The number of methoxy groups -OCH3 is 2. The van der Waals surface area contributed by atoms with E-state index in [2.05, 4.69) is 10.4 Å². The van der Waals surface area contributed by atoms with Crippen LogP contribution in [0.5, 0.6) is 5.75 Å². The Bertz CT molecular complexity index is 988. The number of hydrogen-bond donors (Lipinski definition) is 1. The molecule has 0 saturated carbocycles. The second-order valence-electron chi connectivity index (χ2n) is 6.87. The topological polar surface area (TPSA) is 48.3 Å². The van der Waals surface area contributed by atoms with Crippen LogP contribution in [0.3, 0.4) is 0 Å². The van der Waals surface area contributed by atoms with Crippen molar-refractivity contribution in [2.24, 2.45) is 0 Å². The van der Waals surface area contributed by atoms with E-state index < -0.39 is 11.6 Å². The van der Waals surface area contributed by atoms with Crippen LogP contribution in [0, 0.1) is 18.6 Å². The van der Waals surface area contributed by atoms with Crippen LogP contribution in [0.15, 0.2) is 42.6 Å². The second-order valence-corrected chi connectivity index (χ2v) is 6.87. The molecule has 3 rings (SSSR count). The lowest BCUT2D eigenvalue weighted by Crippen LogP contribution is -2.19. The molecule has 0 saturated heterocycles. The molecule has 0 fully saturated rings. The van der Waals surface area contributed by atoms with Crippen LogP contribution in [0.2, 0.25) is 0 Å². The molecular formula is C22H25F2N3O2. The molecule has 29 heavy (non-hydrogen) atoms. The molecule has 2 aromatic carbocycles. The van der Waals surface area contributed by atoms with Crippen LogP contribution in [-0.4, -0.2) is 24.0 Å². The normalized spacial score (nSPS) is 12.2. The zero-order valence-electron chi connectivity index (χ0n) is 17.0. The fourth-order valence-electron chi connectivity index (χ4n) is 3.33. The third-order valence-electron chi connectivity index (χ3n) is 4.91. The smallest absolute Gasteiger partial charge is 0.151 e. The number of ether oxygens (including phenoxy) is 2. The van der Waals surface area contributed by atoms with Crippen LogP contribution in [0.25, 0.3) is 5.69 Å². The Balaban J connectivity index is 1.74. The number of benzene rings is 2. The maximum Gasteiger partial charge on any atom is 0.151 e. The number of hydrogen-bond acceptors (Lipinski definition) is 4. The van der Waals surface area contributed by atoms with Gasteiger partial charge in [0, 0.05) is 42.6 Å². The molecule has 0 aliphatic heterocycles. The lowest BCUT2D eigenvalue weighted by molar-refractivity contribution is 0.181. The molecule has 1 aromatic heterocycles. The van der Waals surface area contributed by atoms with E-state index in [-0.39, 0.29) is 11.7 Å². The number of halogens is 2. The van der Waals surface area contributed by atoms with E-state index >= 15 is 0 Å². The first-order chi connectivity index (χ1) is 13.9. The van der Waals surface area contributed by atoms with Crippen molar-refractivity contribution in [3.8, 4) is 11.4 Å². The minimum Gasteiger partial charge on any atom is -0.496 e. The fourth-order valence-corrected chi connectivity index (χ4v) is 3.33. The van der Waals surface area contributed by atoms with Gasteiger partial charge in [0.2, 0.25) is 0 Å². The Morgan fingerprint density at radius 3 is 2.62 bits per heavy atom. The Hall–Kier alpha value is -2.77. The molecule has 0 amide bonds. The van der Waals surface area contributed by atoms with Crippen molar-refractivity contribution in [2.75, 3.05) is 14.2 Å². The first kappa shape index (κ1) is 21.0. The second kappa shape index (κ2) is 9.15. The molecule has 0 spiro atoms. The van der Waals surface area contributed by atoms with E-state index in [1.165, 1.54) is 16.8 Å². The summed E-state index contributed by atoms with van der Waals surface area (Å²) in [5.74, 6) is -0.465. The largest absolute Gasteiger partial charge is 0.496 e. The van der Waals surface area contributed by atoms with Gasteiger partial charge >= 0.3 is 0 Å². The van der Waals surface area contributed by atoms with Gasteiger partial charge in [-0.05, 0) is 43.7 Å². The van der Waals surface area contributed by atoms with Crippen molar-refractivity contribution >= 4 is 0 Å². The Kier molecular flexibility index (Phi) is 6.61. The Morgan fingerprint density at radius 1 is 1.14 bits per heavy atom. The summed E-state index contributed by atoms with van der Waals surface area (Å²) in [6.07, 6.45) is 1.71. The van der Waals surface area contributed by atoms with Gasteiger partial charge in [-0.25, -0.2) is 13.5 Å². The SMILES string of the molecule is COCc1cc(CN[C@@H](C)c2cnn(-c3ccc(F)cc3F)c2C)ccc1OC. The van der Waals surface area contributed by atoms with Gasteiger partial charge in [0.25, 0.3) is 0 Å². The molecule has 0 aliphatic carbocycles. The van der Waals surface area contributed by atoms with Crippen molar-refractivity contribution in [1.82, 2.24) is 15.1 Å². The molecule has 7 heteroatoms. The van der Waals surface area contributed by atoms with Gasteiger partial charge in [0.1, 0.15) is 17.3 Å². The average Bonchev–Trinajstić information content (AvgIpc) is 3.08. The molecule has 0 unspecified atom stereocenters. The van der Waals surface area contributed by atoms with Crippen molar-refractivity contribution in [2.45, 2.75) is 33.0 Å². The lowest BCUT2D eigenvalue weighted by Gasteiger charge is -2.16. The van der Waals surface area contributed by atoms with Crippen LogP contribution >= 0.6 is 0 Å². The molecule has 1 N–H and O–H groups in total. The van der Waals surface area contributed by atoms with Crippen LogP contribution in [0.1, 0.15) is 35.3 Å². The molecular weight excluding hydrogens is 376 g/mol. The minimum absolute atomic E-state index is 0.0137. The summed E-state index contributed by atoms with van der Waals surface area (Å²) in [6.45, 7) is 5.00. The molecule has 0 radical (unpaired) electrons. The van der Waals surface area contributed by atoms with Crippen molar-refractivity contribution in [1.29, 1.82) is 0 Å². The highest BCUT2D eigenvalue weighted by atomic mass is 19.1. The minimum atomic E-state index is -0.646. The number of rotatable bonds is 8. The summed E-state index contributed by atoms with van der Waals surface area (Å²) in [7, 11) is 3.29. The lowest BCUT2D eigenvalue weighted by atomic mass is 10.1. The zero-order valence-corrected chi connectivity index (χ0v) is 17.0. The Labute approximate surface area is 169 Å². The molecule has 5 nitrogen and oxygen atoms in total. The molecule has 0 bridgehead atoms. The zero-order chi connectivity index (χ0) is 21.0. The highest BCUT2D eigenvalue weighted by Crippen LogP contribution is 2.24. The van der Waals surface area contributed by atoms with Crippen molar-refractivity contribution < 1.29 is 18.3 Å². The number of nitrogens with zero attached hydrogens (tertiary/aromatic N) is 2.